The summed E-state index contributed by atoms with van der Waals surface area (Å²) in [5.74, 6) is 0.155. The Kier molecular flexibility index (Phi) is 5.58. The van der Waals surface area contributed by atoms with Crippen LogP contribution in [0.1, 0.15) is 24.2 Å². The van der Waals surface area contributed by atoms with Crippen LogP contribution in [0.3, 0.4) is 0 Å². The van der Waals surface area contributed by atoms with E-state index >= 15 is 0 Å². The van der Waals surface area contributed by atoms with Crippen molar-refractivity contribution in [1.29, 1.82) is 0 Å². The van der Waals surface area contributed by atoms with Crippen molar-refractivity contribution < 1.29 is 23.1 Å². The number of hydrogen-bond acceptors (Lipinski definition) is 6. The Balaban J connectivity index is 1.57. The van der Waals surface area contributed by atoms with Crippen LogP contribution in [0.4, 0.5) is 5.69 Å². The third-order valence-electron chi connectivity index (χ3n) is 4.60. The number of rotatable bonds is 6. The van der Waals surface area contributed by atoms with Crippen molar-refractivity contribution in [2.75, 3.05) is 4.72 Å². The molecule has 0 aliphatic heterocycles. The minimum Gasteiger partial charge on any atom is -0.508 e. The third kappa shape index (κ3) is 4.57. The second-order valence-electron chi connectivity index (χ2n) is 7.45. The molecule has 0 fully saturated rings. The van der Waals surface area contributed by atoms with Crippen molar-refractivity contribution in [2.45, 2.75) is 24.8 Å². The summed E-state index contributed by atoms with van der Waals surface area (Å²) in [6, 6.07) is 17.2. The Labute approximate surface area is 184 Å². The van der Waals surface area contributed by atoms with Gasteiger partial charge in [0.1, 0.15) is 11.6 Å². The van der Waals surface area contributed by atoms with Gasteiger partial charge in [-0.25, -0.2) is 18.2 Å². The minimum absolute atomic E-state index is 0.0550. The number of carbonyl (C=O) groups excluding carboxylic acids is 1. The number of H-pyrrole nitrogens is 1. The molecule has 0 bridgehead atoms. The van der Waals surface area contributed by atoms with Crippen LogP contribution in [0.5, 0.6) is 5.75 Å². The maximum absolute atomic E-state index is 12.9. The number of nitrogens with zero attached hydrogens (tertiary/aromatic N) is 1. The number of anilines is 1. The number of hydrogen-bond donors (Lipinski definition) is 3. The molecule has 4 aromatic rings. The average Bonchev–Trinajstić information content (AvgIpc) is 3.17. The number of fused-ring (bicyclic) bond motifs is 1. The number of benzene rings is 3. The van der Waals surface area contributed by atoms with Crippen molar-refractivity contribution in [3.63, 3.8) is 0 Å². The number of aromatic nitrogens is 2. The Morgan fingerprint density at radius 2 is 1.81 bits per heavy atom. The molecule has 0 unspecified atom stereocenters. The summed E-state index contributed by atoms with van der Waals surface area (Å²) in [5, 5.41) is 9.67. The molecule has 0 amide bonds. The first-order valence-corrected chi connectivity index (χ1v) is 11.3. The van der Waals surface area contributed by atoms with Crippen LogP contribution in [0.2, 0.25) is 0 Å². The number of esters is 1. The highest BCUT2D eigenvalue weighted by atomic mass is 32.2. The number of ether oxygens (including phenoxy) is 1. The first-order chi connectivity index (χ1) is 15.2. The molecule has 1 aromatic heterocycles. The van der Waals surface area contributed by atoms with Gasteiger partial charge >= 0.3 is 5.97 Å². The Morgan fingerprint density at radius 3 is 2.50 bits per heavy atom. The first kappa shape index (κ1) is 21.4. The van der Waals surface area contributed by atoms with Crippen LogP contribution < -0.4 is 4.72 Å². The van der Waals surface area contributed by atoms with Gasteiger partial charge in [-0.05, 0) is 68.4 Å². The van der Waals surface area contributed by atoms with Gasteiger partial charge in [-0.2, -0.15) is 0 Å². The highest BCUT2D eigenvalue weighted by molar-refractivity contribution is 7.92. The molecule has 0 saturated carbocycles. The molecule has 0 atom stereocenters. The van der Waals surface area contributed by atoms with E-state index in [4.69, 9.17) is 4.74 Å². The smallest absolute Gasteiger partial charge is 0.338 e. The van der Waals surface area contributed by atoms with E-state index in [0.717, 1.165) is 0 Å². The SMILES string of the molecule is CC(C)OC(=O)c1ccc(NS(=O)(=O)c2ccc3nc(-c4cccc(O)c4)[nH]c3c2)cc1. The highest BCUT2D eigenvalue weighted by Gasteiger charge is 2.17. The predicted octanol–water partition coefficient (Wildman–Crippen LogP) is 4.30. The summed E-state index contributed by atoms with van der Waals surface area (Å²) >= 11 is 0. The van der Waals surface area contributed by atoms with Gasteiger partial charge in [-0.15, -0.1) is 0 Å². The zero-order valence-electron chi connectivity index (χ0n) is 17.4. The van der Waals surface area contributed by atoms with E-state index in [2.05, 4.69) is 14.7 Å². The van der Waals surface area contributed by atoms with E-state index in [1.54, 1.807) is 44.2 Å². The van der Waals surface area contributed by atoms with Crippen LogP contribution in [0, 0.1) is 0 Å². The maximum Gasteiger partial charge on any atom is 0.338 e. The molecular formula is C23H21N3O5S. The number of phenols is 1. The van der Waals surface area contributed by atoms with Crippen molar-refractivity contribution in [3.8, 4) is 17.1 Å². The number of carbonyl (C=O) groups is 1. The van der Waals surface area contributed by atoms with Gasteiger partial charge in [0.25, 0.3) is 10.0 Å². The quantitative estimate of drug-likeness (QED) is 0.376. The molecule has 32 heavy (non-hydrogen) atoms. The fourth-order valence-corrected chi connectivity index (χ4v) is 4.20. The second-order valence-corrected chi connectivity index (χ2v) is 9.13. The molecule has 8 nitrogen and oxygen atoms in total. The lowest BCUT2D eigenvalue weighted by molar-refractivity contribution is 0.0378. The van der Waals surface area contributed by atoms with Crippen LogP contribution >= 0.6 is 0 Å². The van der Waals surface area contributed by atoms with Gasteiger partial charge in [-0.3, -0.25) is 4.72 Å². The van der Waals surface area contributed by atoms with E-state index in [-0.39, 0.29) is 16.7 Å². The molecular weight excluding hydrogens is 430 g/mol. The fraction of sp³-hybridized carbons (Fsp3) is 0.130. The molecule has 0 aliphatic carbocycles. The summed E-state index contributed by atoms with van der Waals surface area (Å²) < 4.78 is 33.4. The van der Waals surface area contributed by atoms with E-state index in [1.165, 1.54) is 36.4 Å². The number of sulfonamides is 1. The standard InChI is InChI=1S/C23H21N3O5S/c1-14(2)31-23(28)15-6-8-17(9-7-15)26-32(29,30)19-10-11-20-21(13-19)25-22(24-20)16-4-3-5-18(27)12-16/h3-14,26-27H,1-2H3,(H,24,25). The minimum atomic E-state index is -3.87. The molecule has 0 radical (unpaired) electrons. The van der Waals surface area contributed by atoms with Gasteiger partial charge in [0.05, 0.1) is 27.6 Å². The highest BCUT2D eigenvalue weighted by Crippen LogP contribution is 2.26. The lowest BCUT2D eigenvalue weighted by atomic mass is 10.2. The Morgan fingerprint density at radius 1 is 1.06 bits per heavy atom. The maximum atomic E-state index is 12.9. The van der Waals surface area contributed by atoms with Crippen LogP contribution in [0.15, 0.2) is 71.6 Å². The number of imidazole rings is 1. The van der Waals surface area contributed by atoms with E-state index in [0.29, 0.717) is 33.7 Å². The van der Waals surface area contributed by atoms with Crippen molar-refractivity contribution in [3.05, 3.63) is 72.3 Å². The molecule has 164 valence electrons. The lowest BCUT2D eigenvalue weighted by Crippen LogP contribution is -2.14. The molecule has 4 rings (SSSR count). The molecule has 0 spiro atoms. The van der Waals surface area contributed by atoms with Crippen LogP contribution in [0.25, 0.3) is 22.4 Å². The normalized spacial score (nSPS) is 11.6. The molecule has 0 aliphatic rings. The van der Waals surface area contributed by atoms with Crippen LogP contribution in [-0.4, -0.2) is 35.6 Å². The summed E-state index contributed by atoms with van der Waals surface area (Å²) in [4.78, 5) is 19.5. The fourth-order valence-electron chi connectivity index (χ4n) is 3.12. The Bertz CT molecular complexity index is 1390. The van der Waals surface area contributed by atoms with Gasteiger partial charge in [0, 0.05) is 11.3 Å². The van der Waals surface area contributed by atoms with E-state index in [9.17, 15) is 18.3 Å². The van der Waals surface area contributed by atoms with E-state index < -0.39 is 16.0 Å². The van der Waals surface area contributed by atoms with Crippen molar-refractivity contribution in [2.24, 2.45) is 0 Å². The zero-order valence-corrected chi connectivity index (χ0v) is 18.2. The first-order valence-electron chi connectivity index (χ1n) is 9.84. The summed E-state index contributed by atoms with van der Waals surface area (Å²) in [6.07, 6.45) is -0.244. The molecule has 1 heterocycles. The zero-order chi connectivity index (χ0) is 22.9. The number of nitrogens with one attached hydrogen (secondary N) is 2. The van der Waals surface area contributed by atoms with E-state index in [1.807, 2.05) is 0 Å². The molecule has 3 N–H and O–H groups in total. The third-order valence-corrected chi connectivity index (χ3v) is 5.98. The lowest BCUT2D eigenvalue weighted by Gasteiger charge is -2.10. The topological polar surface area (TPSA) is 121 Å². The van der Waals surface area contributed by atoms with Crippen molar-refractivity contribution >= 4 is 32.7 Å². The predicted molar refractivity (Wildman–Crippen MR) is 121 cm³/mol. The summed E-state index contributed by atoms with van der Waals surface area (Å²) in [5.41, 5.74) is 2.46. The monoisotopic (exact) mass is 451 g/mol. The molecule has 9 heteroatoms. The summed E-state index contributed by atoms with van der Waals surface area (Å²) in [6.45, 7) is 3.51. The van der Waals surface area contributed by atoms with Gasteiger partial charge in [0.2, 0.25) is 0 Å². The Hall–Kier alpha value is -3.85. The summed E-state index contributed by atoms with van der Waals surface area (Å²) in [7, 11) is -3.87. The van der Waals surface area contributed by atoms with Crippen LogP contribution in [-0.2, 0) is 14.8 Å². The van der Waals surface area contributed by atoms with Gasteiger partial charge < -0.3 is 14.8 Å². The molecule has 3 aromatic carbocycles. The second kappa shape index (κ2) is 8.35. The number of phenolic OH excluding ortho intramolecular Hbond substituents is 1. The average molecular weight is 452 g/mol. The van der Waals surface area contributed by atoms with Crippen molar-refractivity contribution in [1.82, 2.24) is 9.97 Å². The largest absolute Gasteiger partial charge is 0.508 e. The number of aromatic amines is 1. The molecule has 0 saturated heterocycles. The van der Waals surface area contributed by atoms with Gasteiger partial charge in [-0.1, -0.05) is 12.1 Å². The van der Waals surface area contributed by atoms with Gasteiger partial charge in [0.15, 0.2) is 0 Å². The number of aromatic hydroxyl groups is 1.